The average Bonchev–Trinajstić information content (AvgIpc) is 2.37. The Morgan fingerprint density at radius 3 is 2.42 bits per heavy atom. The summed E-state index contributed by atoms with van der Waals surface area (Å²) in [5, 5.41) is 2.72. The number of nitrogens with one attached hydrogen (secondary N) is 1. The fourth-order valence-corrected chi connectivity index (χ4v) is 3.26. The van der Waals surface area contributed by atoms with Gasteiger partial charge in [-0.3, -0.25) is 4.79 Å². The summed E-state index contributed by atoms with van der Waals surface area (Å²) in [5.41, 5.74) is -0.167. The second-order valence-corrected chi connectivity index (χ2v) is 6.04. The van der Waals surface area contributed by atoms with Gasteiger partial charge in [0.25, 0.3) is 0 Å². The first-order valence-electron chi connectivity index (χ1n) is 7.34. The molecule has 1 aliphatic rings. The van der Waals surface area contributed by atoms with Gasteiger partial charge in [-0.05, 0) is 31.6 Å². The van der Waals surface area contributed by atoms with Gasteiger partial charge in [-0.25, -0.2) is 4.79 Å². The summed E-state index contributed by atoms with van der Waals surface area (Å²) in [7, 11) is 0. The molecule has 0 aliphatic heterocycles. The summed E-state index contributed by atoms with van der Waals surface area (Å²) in [4.78, 5) is 23.1. The molecule has 1 atom stereocenters. The van der Waals surface area contributed by atoms with Crippen molar-refractivity contribution in [1.29, 1.82) is 0 Å². The highest BCUT2D eigenvalue weighted by Crippen LogP contribution is 2.47. The Hall–Kier alpha value is -1.06. The highest BCUT2D eigenvalue weighted by Gasteiger charge is 2.47. The fraction of sp³-hybridized carbons (Fsp3) is 0.867. The Bertz CT molecular complexity index is 307. The van der Waals surface area contributed by atoms with E-state index in [1.165, 1.54) is 0 Å². The van der Waals surface area contributed by atoms with Crippen LogP contribution in [0.5, 0.6) is 0 Å². The lowest BCUT2D eigenvalue weighted by Gasteiger charge is -2.46. The van der Waals surface area contributed by atoms with Gasteiger partial charge in [0.2, 0.25) is 6.41 Å². The number of hydrogen-bond acceptors (Lipinski definition) is 3. The Balaban J connectivity index is 2.98. The van der Waals surface area contributed by atoms with Crippen LogP contribution in [0.4, 0.5) is 0 Å². The number of carbonyl (C=O) groups is 2. The minimum absolute atomic E-state index is 0.167. The number of esters is 1. The van der Waals surface area contributed by atoms with Gasteiger partial charge in [0.05, 0.1) is 6.61 Å². The van der Waals surface area contributed by atoms with Crippen molar-refractivity contribution < 1.29 is 14.3 Å². The predicted octanol–water partition coefficient (Wildman–Crippen LogP) is 2.52. The van der Waals surface area contributed by atoms with E-state index < -0.39 is 6.04 Å². The summed E-state index contributed by atoms with van der Waals surface area (Å²) >= 11 is 0. The summed E-state index contributed by atoms with van der Waals surface area (Å²) in [5.74, 6) is 0.741. The Labute approximate surface area is 116 Å². The first-order chi connectivity index (χ1) is 8.97. The molecule has 0 aromatic rings. The quantitative estimate of drug-likeness (QED) is 0.595. The number of hydrogen-bond donors (Lipinski definition) is 1. The third kappa shape index (κ3) is 3.48. The molecule has 1 fully saturated rings. The SMILES string of the molecule is CCOC(=O)C(NC=O)C1(C(C)C)CCC(C)CC1. The highest BCUT2D eigenvalue weighted by molar-refractivity contribution is 5.79. The minimum atomic E-state index is -0.516. The highest BCUT2D eigenvalue weighted by atomic mass is 16.5. The van der Waals surface area contributed by atoms with Crippen LogP contribution in [-0.4, -0.2) is 25.0 Å². The molecule has 110 valence electrons. The number of carbonyl (C=O) groups excluding carboxylic acids is 2. The van der Waals surface area contributed by atoms with Crippen LogP contribution < -0.4 is 5.32 Å². The maximum Gasteiger partial charge on any atom is 0.329 e. The summed E-state index contributed by atoms with van der Waals surface area (Å²) in [6.07, 6.45) is 4.78. The van der Waals surface area contributed by atoms with E-state index in [4.69, 9.17) is 4.74 Å². The molecule has 0 bridgehead atoms. The molecule has 1 aliphatic carbocycles. The van der Waals surface area contributed by atoms with Crippen LogP contribution in [-0.2, 0) is 14.3 Å². The van der Waals surface area contributed by atoms with Gasteiger partial charge in [-0.1, -0.05) is 33.6 Å². The van der Waals surface area contributed by atoms with Crippen LogP contribution in [0.2, 0.25) is 0 Å². The Morgan fingerprint density at radius 1 is 1.42 bits per heavy atom. The van der Waals surface area contributed by atoms with E-state index in [9.17, 15) is 9.59 Å². The Kier molecular flexibility index (Phi) is 5.83. The average molecular weight is 269 g/mol. The van der Waals surface area contributed by atoms with Crippen molar-refractivity contribution >= 4 is 12.4 Å². The zero-order chi connectivity index (χ0) is 14.5. The molecule has 0 aromatic carbocycles. The lowest BCUT2D eigenvalue weighted by atomic mass is 9.61. The first kappa shape index (κ1) is 16.0. The Morgan fingerprint density at radius 2 is 2.00 bits per heavy atom. The van der Waals surface area contributed by atoms with E-state index in [0.717, 1.165) is 25.7 Å². The second kappa shape index (κ2) is 6.92. The lowest BCUT2D eigenvalue weighted by molar-refractivity contribution is -0.153. The molecule has 1 unspecified atom stereocenters. The van der Waals surface area contributed by atoms with Crippen molar-refractivity contribution in [3.05, 3.63) is 0 Å². The van der Waals surface area contributed by atoms with E-state index in [0.29, 0.717) is 24.9 Å². The first-order valence-corrected chi connectivity index (χ1v) is 7.34. The van der Waals surface area contributed by atoms with Crippen molar-refractivity contribution in [2.75, 3.05) is 6.61 Å². The maximum atomic E-state index is 12.2. The third-order valence-corrected chi connectivity index (χ3v) is 4.69. The predicted molar refractivity (Wildman–Crippen MR) is 74.5 cm³/mol. The maximum absolute atomic E-state index is 12.2. The minimum Gasteiger partial charge on any atom is -0.464 e. The molecule has 1 rings (SSSR count). The monoisotopic (exact) mass is 269 g/mol. The van der Waals surface area contributed by atoms with Crippen LogP contribution in [0.1, 0.15) is 53.4 Å². The molecule has 1 saturated carbocycles. The molecule has 4 heteroatoms. The molecule has 0 aromatic heterocycles. The van der Waals surface area contributed by atoms with Crippen LogP contribution in [0.3, 0.4) is 0 Å². The van der Waals surface area contributed by atoms with Crippen molar-refractivity contribution in [1.82, 2.24) is 5.32 Å². The fourth-order valence-electron chi connectivity index (χ4n) is 3.26. The molecule has 0 spiro atoms. The van der Waals surface area contributed by atoms with Crippen molar-refractivity contribution in [3.63, 3.8) is 0 Å². The lowest BCUT2D eigenvalue weighted by Crippen LogP contribution is -2.54. The van der Waals surface area contributed by atoms with Gasteiger partial charge < -0.3 is 10.1 Å². The molecule has 4 nitrogen and oxygen atoms in total. The van der Waals surface area contributed by atoms with Crippen LogP contribution in [0.25, 0.3) is 0 Å². The molecule has 1 N–H and O–H groups in total. The molecular weight excluding hydrogens is 242 g/mol. The number of ether oxygens (including phenoxy) is 1. The topological polar surface area (TPSA) is 55.4 Å². The largest absolute Gasteiger partial charge is 0.464 e. The van der Waals surface area contributed by atoms with Gasteiger partial charge >= 0.3 is 5.97 Å². The van der Waals surface area contributed by atoms with Crippen molar-refractivity contribution in [2.45, 2.75) is 59.4 Å². The smallest absolute Gasteiger partial charge is 0.329 e. The van der Waals surface area contributed by atoms with E-state index in [1.54, 1.807) is 6.92 Å². The molecular formula is C15H27NO3. The van der Waals surface area contributed by atoms with Crippen LogP contribution >= 0.6 is 0 Å². The number of rotatable bonds is 6. The van der Waals surface area contributed by atoms with Crippen LogP contribution in [0, 0.1) is 17.3 Å². The van der Waals surface area contributed by atoms with Gasteiger partial charge in [0.15, 0.2) is 0 Å². The van der Waals surface area contributed by atoms with E-state index in [2.05, 4.69) is 26.1 Å². The van der Waals surface area contributed by atoms with Crippen molar-refractivity contribution in [3.8, 4) is 0 Å². The standard InChI is InChI=1S/C15H27NO3/c1-5-19-14(18)13(16-10-17)15(11(2)3)8-6-12(4)7-9-15/h10-13H,5-9H2,1-4H3,(H,16,17). The van der Waals surface area contributed by atoms with E-state index >= 15 is 0 Å². The van der Waals surface area contributed by atoms with Gasteiger partial charge in [-0.15, -0.1) is 0 Å². The number of amides is 1. The third-order valence-electron chi connectivity index (χ3n) is 4.69. The van der Waals surface area contributed by atoms with Gasteiger partial charge in [-0.2, -0.15) is 0 Å². The van der Waals surface area contributed by atoms with E-state index in [1.807, 2.05) is 0 Å². The summed E-state index contributed by atoms with van der Waals surface area (Å²) in [6, 6.07) is -0.516. The molecule has 19 heavy (non-hydrogen) atoms. The summed E-state index contributed by atoms with van der Waals surface area (Å²) in [6.45, 7) is 8.65. The van der Waals surface area contributed by atoms with Gasteiger partial charge in [0, 0.05) is 5.41 Å². The molecule has 0 radical (unpaired) electrons. The van der Waals surface area contributed by atoms with Crippen LogP contribution in [0.15, 0.2) is 0 Å². The summed E-state index contributed by atoms with van der Waals surface area (Å²) < 4.78 is 5.15. The van der Waals surface area contributed by atoms with E-state index in [-0.39, 0.29) is 11.4 Å². The molecule has 0 heterocycles. The normalized spacial score (nSPS) is 28.8. The molecule has 1 amide bonds. The zero-order valence-corrected chi connectivity index (χ0v) is 12.6. The zero-order valence-electron chi connectivity index (χ0n) is 12.6. The molecule has 0 saturated heterocycles. The van der Waals surface area contributed by atoms with Gasteiger partial charge in [0.1, 0.15) is 6.04 Å². The second-order valence-electron chi connectivity index (χ2n) is 6.04. The van der Waals surface area contributed by atoms with Crippen molar-refractivity contribution in [2.24, 2.45) is 17.3 Å².